The molecule has 0 aromatic carbocycles. The molecule has 0 aliphatic rings. The number of carboxylic acid groups (broad SMARTS) is 1. The van der Waals surface area contributed by atoms with Gasteiger partial charge in [0.05, 0.1) is 0 Å². The molecule has 6 heteroatoms. The number of rotatable bonds is 9. The van der Waals surface area contributed by atoms with Crippen LogP contribution in [0.25, 0.3) is 0 Å². The van der Waals surface area contributed by atoms with Crippen molar-refractivity contribution in [1.29, 1.82) is 0 Å². The smallest absolute Gasteiger partial charge is 0.326 e. The Hall–Kier alpha value is -1.30. The minimum absolute atomic E-state index is 0.212. The van der Waals surface area contributed by atoms with E-state index in [9.17, 15) is 9.59 Å². The fourth-order valence-corrected chi connectivity index (χ4v) is 1.42. The molecule has 0 saturated carbocycles. The largest absolute Gasteiger partial charge is 0.480 e. The minimum Gasteiger partial charge on any atom is -0.480 e. The van der Waals surface area contributed by atoms with Crippen molar-refractivity contribution in [1.82, 2.24) is 10.6 Å². The first kappa shape index (κ1) is 16.7. The predicted octanol–water partition coefficient (Wildman–Crippen LogP) is 1.21. The van der Waals surface area contributed by atoms with E-state index in [0.29, 0.717) is 32.6 Å². The van der Waals surface area contributed by atoms with Crippen LogP contribution in [0.3, 0.4) is 0 Å². The molecule has 0 bridgehead atoms. The normalized spacial score (nSPS) is 12.2. The molecule has 18 heavy (non-hydrogen) atoms. The Morgan fingerprint density at radius 2 is 2.00 bits per heavy atom. The molecule has 0 aromatic rings. The second-order valence-corrected chi connectivity index (χ2v) is 4.47. The number of hydrogen-bond donors (Lipinski definition) is 3. The van der Waals surface area contributed by atoms with E-state index < -0.39 is 18.0 Å². The Labute approximate surface area is 108 Å². The summed E-state index contributed by atoms with van der Waals surface area (Å²) < 4.78 is 5.12. The van der Waals surface area contributed by atoms with Gasteiger partial charge in [-0.25, -0.2) is 9.59 Å². The van der Waals surface area contributed by atoms with E-state index in [1.165, 1.54) is 0 Å². The van der Waals surface area contributed by atoms with Crippen molar-refractivity contribution in [3.8, 4) is 0 Å². The van der Waals surface area contributed by atoms with Crippen molar-refractivity contribution in [2.24, 2.45) is 5.92 Å². The standard InChI is InChI=1S/C12H24N2O4/c1-4-18-7-5-6-13-12(17)14-10(11(15)16)8-9(2)3/h9-10H,4-8H2,1-3H3,(H,15,16)(H2,13,14,17). The van der Waals surface area contributed by atoms with Gasteiger partial charge in [-0.1, -0.05) is 13.8 Å². The summed E-state index contributed by atoms with van der Waals surface area (Å²) in [6.45, 7) is 7.45. The van der Waals surface area contributed by atoms with E-state index in [1.807, 2.05) is 20.8 Å². The van der Waals surface area contributed by atoms with Crippen LogP contribution in [0, 0.1) is 5.92 Å². The lowest BCUT2D eigenvalue weighted by atomic mass is 10.0. The summed E-state index contributed by atoms with van der Waals surface area (Å²) in [6.07, 6.45) is 1.13. The Bertz CT molecular complexity index is 256. The average molecular weight is 260 g/mol. The van der Waals surface area contributed by atoms with Gasteiger partial charge in [0, 0.05) is 19.8 Å². The first-order chi connectivity index (χ1) is 8.47. The number of amides is 2. The van der Waals surface area contributed by atoms with Gasteiger partial charge in [-0.15, -0.1) is 0 Å². The molecule has 1 unspecified atom stereocenters. The maximum Gasteiger partial charge on any atom is 0.326 e. The van der Waals surface area contributed by atoms with Crippen LogP contribution in [0.4, 0.5) is 4.79 Å². The zero-order chi connectivity index (χ0) is 14.0. The van der Waals surface area contributed by atoms with Crippen LogP contribution in [-0.4, -0.2) is 42.9 Å². The lowest BCUT2D eigenvalue weighted by Gasteiger charge is -2.16. The number of ether oxygens (including phenoxy) is 1. The molecule has 0 aliphatic carbocycles. The molecule has 0 spiro atoms. The lowest BCUT2D eigenvalue weighted by molar-refractivity contribution is -0.139. The van der Waals surface area contributed by atoms with Crippen LogP contribution >= 0.6 is 0 Å². The van der Waals surface area contributed by atoms with Crippen LogP contribution in [-0.2, 0) is 9.53 Å². The number of nitrogens with one attached hydrogen (secondary N) is 2. The van der Waals surface area contributed by atoms with Gasteiger partial charge in [0.2, 0.25) is 0 Å². The Kier molecular flexibility index (Phi) is 9.00. The molecule has 0 rings (SSSR count). The summed E-state index contributed by atoms with van der Waals surface area (Å²) in [5.41, 5.74) is 0. The van der Waals surface area contributed by atoms with E-state index in [0.717, 1.165) is 0 Å². The average Bonchev–Trinajstić information content (AvgIpc) is 2.27. The predicted molar refractivity (Wildman–Crippen MR) is 68.5 cm³/mol. The topological polar surface area (TPSA) is 87.7 Å². The molecule has 0 aromatic heterocycles. The highest BCUT2D eigenvalue weighted by Gasteiger charge is 2.20. The van der Waals surface area contributed by atoms with Gasteiger partial charge in [0.25, 0.3) is 0 Å². The number of hydrogen-bond acceptors (Lipinski definition) is 3. The summed E-state index contributed by atoms with van der Waals surface area (Å²) in [5, 5.41) is 14.0. The number of urea groups is 1. The minimum atomic E-state index is -1.01. The molecule has 0 saturated heterocycles. The molecular formula is C12H24N2O4. The molecule has 0 heterocycles. The summed E-state index contributed by atoms with van der Waals surface area (Å²) in [7, 11) is 0. The second-order valence-electron chi connectivity index (χ2n) is 4.47. The van der Waals surface area contributed by atoms with Crippen LogP contribution in [0.2, 0.25) is 0 Å². The van der Waals surface area contributed by atoms with Gasteiger partial charge in [0.15, 0.2) is 0 Å². The van der Waals surface area contributed by atoms with Gasteiger partial charge in [-0.05, 0) is 25.7 Å². The van der Waals surface area contributed by atoms with E-state index in [1.54, 1.807) is 0 Å². The molecule has 1 atom stereocenters. The van der Waals surface area contributed by atoms with Gasteiger partial charge >= 0.3 is 12.0 Å². The molecular weight excluding hydrogens is 236 g/mol. The van der Waals surface area contributed by atoms with E-state index >= 15 is 0 Å². The fourth-order valence-electron chi connectivity index (χ4n) is 1.42. The molecule has 0 fully saturated rings. The van der Waals surface area contributed by atoms with Gasteiger partial charge in [-0.3, -0.25) is 0 Å². The Morgan fingerprint density at radius 3 is 2.50 bits per heavy atom. The summed E-state index contributed by atoms with van der Waals surface area (Å²) in [5.74, 6) is -0.794. The van der Waals surface area contributed by atoms with Gasteiger partial charge < -0.3 is 20.5 Å². The molecule has 6 nitrogen and oxygen atoms in total. The number of carbonyl (C=O) groups is 2. The maximum absolute atomic E-state index is 11.4. The zero-order valence-corrected chi connectivity index (χ0v) is 11.4. The van der Waals surface area contributed by atoms with Gasteiger partial charge in [0.1, 0.15) is 6.04 Å². The van der Waals surface area contributed by atoms with E-state index in [4.69, 9.17) is 9.84 Å². The van der Waals surface area contributed by atoms with Crippen LogP contribution in [0.1, 0.15) is 33.6 Å². The van der Waals surface area contributed by atoms with E-state index in [-0.39, 0.29) is 5.92 Å². The van der Waals surface area contributed by atoms with Gasteiger partial charge in [-0.2, -0.15) is 0 Å². The lowest BCUT2D eigenvalue weighted by Crippen LogP contribution is -2.46. The summed E-state index contributed by atoms with van der Waals surface area (Å²) >= 11 is 0. The highest BCUT2D eigenvalue weighted by atomic mass is 16.5. The second kappa shape index (κ2) is 9.70. The number of aliphatic carboxylic acids is 1. The fraction of sp³-hybridized carbons (Fsp3) is 0.833. The van der Waals surface area contributed by atoms with Crippen molar-refractivity contribution < 1.29 is 19.4 Å². The summed E-state index contributed by atoms with van der Waals surface area (Å²) in [6, 6.07) is -1.28. The molecule has 106 valence electrons. The maximum atomic E-state index is 11.4. The van der Waals surface area contributed by atoms with Crippen LogP contribution in [0.15, 0.2) is 0 Å². The van der Waals surface area contributed by atoms with Crippen molar-refractivity contribution in [3.05, 3.63) is 0 Å². The molecule has 0 radical (unpaired) electrons. The van der Waals surface area contributed by atoms with Crippen molar-refractivity contribution >= 4 is 12.0 Å². The first-order valence-electron chi connectivity index (χ1n) is 6.32. The third-order valence-electron chi connectivity index (χ3n) is 2.27. The zero-order valence-electron chi connectivity index (χ0n) is 11.4. The Balaban J connectivity index is 3.85. The monoisotopic (exact) mass is 260 g/mol. The van der Waals surface area contributed by atoms with Crippen molar-refractivity contribution in [2.75, 3.05) is 19.8 Å². The Morgan fingerprint density at radius 1 is 1.33 bits per heavy atom. The SMILES string of the molecule is CCOCCCNC(=O)NC(CC(C)C)C(=O)O. The van der Waals surface area contributed by atoms with E-state index in [2.05, 4.69) is 10.6 Å². The quantitative estimate of drug-likeness (QED) is 0.544. The van der Waals surface area contributed by atoms with Crippen LogP contribution < -0.4 is 10.6 Å². The highest BCUT2D eigenvalue weighted by Crippen LogP contribution is 2.04. The molecule has 0 aliphatic heterocycles. The first-order valence-corrected chi connectivity index (χ1v) is 6.32. The highest BCUT2D eigenvalue weighted by molar-refractivity contribution is 5.82. The third-order valence-corrected chi connectivity index (χ3v) is 2.27. The third kappa shape index (κ3) is 8.81. The number of carbonyl (C=O) groups excluding carboxylic acids is 1. The van der Waals surface area contributed by atoms with Crippen LogP contribution in [0.5, 0.6) is 0 Å². The summed E-state index contributed by atoms with van der Waals surface area (Å²) in [4.78, 5) is 22.4. The van der Waals surface area contributed by atoms with Crippen molar-refractivity contribution in [3.63, 3.8) is 0 Å². The molecule has 3 N–H and O–H groups in total. The van der Waals surface area contributed by atoms with Crippen molar-refractivity contribution in [2.45, 2.75) is 39.7 Å². The number of carboxylic acids is 1. The molecule has 2 amide bonds.